The highest BCUT2D eigenvalue weighted by Gasteiger charge is 2.19. The third-order valence-electron chi connectivity index (χ3n) is 3.03. The third kappa shape index (κ3) is 4.63. The predicted octanol–water partition coefficient (Wildman–Crippen LogP) is 2.13. The molecular weight excluding hydrogens is 378 g/mol. The Hall–Kier alpha value is -2.74. The van der Waals surface area contributed by atoms with Gasteiger partial charge in [0.15, 0.2) is 6.10 Å². The lowest BCUT2D eigenvalue weighted by atomic mass is 10.2. The van der Waals surface area contributed by atoms with Gasteiger partial charge in [-0.2, -0.15) is 0 Å². The minimum atomic E-state index is -1.01. The van der Waals surface area contributed by atoms with Gasteiger partial charge in [-0.3, -0.25) is 14.6 Å². The van der Waals surface area contributed by atoms with E-state index in [1.165, 1.54) is 43.6 Å². The standard InChI is InChI=1S/C16H14BrN3O4/c1-9(24-16(23)11-6-12(17)8-19-7-11)15(22)20-13-4-2-10(3-5-13)14(18)21/h2-9H,1H3,(H2,18,21)(H,20,22)/t9-/m0/s1. The van der Waals surface area contributed by atoms with Crippen LogP contribution in [0.15, 0.2) is 47.2 Å². The van der Waals surface area contributed by atoms with E-state index in [0.717, 1.165) is 0 Å². The van der Waals surface area contributed by atoms with Gasteiger partial charge in [0.25, 0.3) is 5.91 Å². The number of hydrogen-bond acceptors (Lipinski definition) is 5. The summed E-state index contributed by atoms with van der Waals surface area (Å²) in [4.78, 5) is 38.9. The van der Waals surface area contributed by atoms with Crippen molar-refractivity contribution in [2.24, 2.45) is 5.73 Å². The maximum Gasteiger partial charge on any atom is 0.340 e. The van der Waals surface area contributed by atoms with Crippen molar-refractivity contribution >= 4 is 39.4 Å². The summed E-state index contributed by atoms with van der Waals surface area (Å²) >= 11 is 3.20. The molecule has 1 aromatic carbocycles. The van der Waals surface area contributed by atoms with E-state index in [1.54, 1.807) is 6.07 Å². The molecule has 1 aromatic heterocycles. The number of hydrogen-bond donors (Lipinski definition) is 2. The molecule has 0 fully saturated rings. The number of anilines is 1. The van der Waals surface area contributed by atoms with Crippen LogP contribution in [0.2, 0.25) is 0 Å². The van der Waals surface area contributed by atoms with E-state index < -0.39 is 23.9 Å². The smallest absolute Gasteiger partial charge is 0.340 e. The monoisotopic (exact) mass is 391 g/mol. The predicted molar refractivity (Wildman–Crippen MR) is 90.4 cm³/mol. The first kappa shape index (κ1) is 17.6. The number of carbonyl (C=O) groups is 3. The summed E-state index contributed by atoms with van der Waals surface area (Å²) < 4.78 is 5.73. The van der Waals surface area contributed by atoms with Crippen molar-refractivity contribution in [2.45, 2.75) is 13.0 Å². The molecule has 0 aliphatic heterocycles. The van der Waals surface area contributed by atoms with Crippen LogP contribution in [0, 0.1) is 0 Å². The van der Waals surface area contributed by atoms with Crippen LogP contribution in [0.4, 0.5) is 5.69 Å². The van der Waals surface area contributed by atoms with Gasteiger partial charge in [-0.25, -0.2) is 4.79 Å². The molecule has 2 aromatic rings. The van der Waals surface area contributed by atoms with Gasteiger partial charge in [-0.05, 0) is 53.2 Å². The number of benzene rings is 1. The molecule has 0 aliphatic rings. The minimum Gasteiger partial charge on any atom is -0.449 e. The van der Waals surface area contributed by atoms with E-state index in [9.17, 15) is 14.4 Å². The summed E-state index contributed by atoms with van der Waals surface area (Å²) in [6, 6.07) is 7.58. The van der Waals surface area contributed by atoms with Crippen molar-refractivity contribution < 1.29 is 19.1 Å². The molecule has 3 N–H and O–H groups in total. The van der Waals surface area contributed by atoms with Crippen LogP contribution in [0.25, 0.3) is 0 Å². The van der Waals surface area contributed by atoms with Crippen LogP contribution < -0.4 is 11.1 Å². The van der Waals surface area contributed by atoms with Gasteiger partial charge in [-0.15, -0.1) is 0 Å². The normalized spacial score (nSPS) is 11.4. The molecule has 0 radical (unpaired) electrons. The first-order chi connectivity index (χ1) is 11.4. The van der Waals surface area contributed by atoms with Gasteiger partial charge in [0, 0.05) is 28.1 Å². The average Bonchev–Trinajstić information content (AvgIpc) is 2.55. The number of pyridine rings is 1. The SMILES string of the molecule is C[C@H](OC(=O)c1cncc(Br)c1)C(=O)Nc1ccc(C(N)=O)cc1. The highest BCUT2D eigenvalue weighted by molar-refractivity contribution is 9.10. The Labute approximate surface area is 146 Å². The quantitative estimate of drug-likeness (QED) is 0.758. The lowest BCUT2D eigenvalue weighted by molar-refractivity contribution is -0.123. The largest absolute Gasteiger partial charge is 0.449 e. The number of ether oxygens (including phenoxy) is 1. The Morgan fingerprint density at radius 3 is 2.42 bits per heavy atom. The Kier molecular flexibility index (Phi) is 5.64. The van der Waals surface area contributed by atoms with Crippen molar-refractivity contribution in [2.75, 3.05) is 5.32 Å². The number of nitrogens with one attached hydrogen (secondary N) is 1. The van der Waals surface area contributed by atoms with Crippen molar-refractivity contribution in [3.63, 3.8) is 0 Å². The number of aromatic nitrogens is 1. The third-order valence-corrected chi connectivity index (χ3v) is 3.46. The molecule has 7 nitrogen and oxygen atoms in total. The number of nitrogens with two attached hydrogens (primary N) is 1. The molecule has 2 rings (SSSR count). The maximum atomic E-state index is 12.1. The first-order valence-electron chi connectivity index (χ1n) is 6.89. The fourth-order valence-corrected chi connectivity index (χ4v) is 2.13. The fourth-order valence-electron chi connectivity index (χ4n) is 1.77. The van der Waals surface area contributed by atoms with E-state index in [2.05, 4.69) is 26.2 Å². The van der Waals surface area contributed by atoms with Gasteiger partial charge < -0.3 is 15.8 Å². The van der Waals surface area contributed by atoms with E-state index >= 15 is 0 Å². The van der Waals surface area contributed by atoms with Gasteiger partial charge in [0.1, 0.15) is 0 Å². The molecule has 2 amide bonds. The maximum absolute atomic E-state index is 12.1. The van der Waals surface area contributed by atoms with E-state index in [-0.39, 0.29) is 5.56 Å². The zero-order chi connectivity index (χ0) is 17.7. The molecule has 0 saturated heterocycles. The molecule has 0 bridgehead atoms. The minimum absolute atomic E-state index is 0.231. The van der Waals surface area contributed by atoms with Crippen molar-refractivity contribution in [1.29, 1.82) is 0 Å². The lowest BCUT2D eigenvalue weighted by Gasteiger charge is -2.13. The number of amides is 2. The van der Waals surface area contributed by atoms with E-state index in [0.29, 0.717) is 15.7 Å². The molecular formula is C16H14BrN3O4. The number of rotatable bonds is 5. The Morgan fingerprint density at radius 1 is 1.17 bits per heavy atom. The highest BCUT2D eigenvalue weighted by Crippen LogP contribution is 2.13. The zero-order valence-electron chi connectivity index (χ0n) is 12.7. The second kappa shape index (κ2) is 7.69. The van der Waals surface area contributed by atoms with Gasteiger partial charge in [0.2, 0.25) is 5.91 Å². The summed E-state index contributed by atoms with van der Waals surface area (Å²) in [5, 5.41) is 2.58. The second-order valence-electron chi connectivity index (χ2n) is 4.87. The van der Waals surface area contributed by atoms with Gasteiger partial charge >= 0.3 is 5.97 Å². The molecule has 0 unspecified atom stereocenters. The number of carbonyl (C=O) groups excluding carboxylic acids is 3. The summed E-state index contributed by atoms with van der Waals surface area (Å²) in [6.45, 7) is 1.45. The molecule has 24 heavy (non-hydrogen) atoms. The zero-order valence-corrected chi connectivity index (χ0v) is 14.2. The summed E-state index contributed by atoms with van der Waals surface area (Å²) in [5.41, 5.74) is 6.16. The second-order valence-corrected chi connectivity index (χ2v) is 5.79. The molecule has 0 spiro atoms. The molecule has 0 saturated carbocycles. The molecule has 124 valence electrons. The van der Waals surface area contributed by atoms with Crippen molar-refractivity contribution in [1.82, 2.24) is 4.98 Å². The Morgan fingerprint density at radius 2 is 1.83 bits per heavy atom. The van der Waals surface area contributed by atoms with Gasteiger partial charge in [-0.1, -0.05) is 0 Å². The number of esters is 1. The lowest BCUT2D eigenvalue weighted by Crippen LogP contribution is -2.30. The fraction of sp³-hybridized carbons (Fsp3) is 0.125. The van der Waals surface area contributed by atoms with Crippen LogP contribution in [-0.2, 0) is 9.53 Å². The molecule has 1 atom stereocenters. The van der Waals surface area contributed by atoms with Crippen LogP contribution in [0.1, 0.15) is 27.6 Å². The van der Waals surface area contributed by atoms with Gasteiger partial charge in [0.05, 0.1) is 5.56 Å². The van der Waals surface area contributed by atoms with Crippen molar-refractivity contribution in [3.8, 4) is 0 Å². The average molecular weight is 392 g/mol. The number of primary amides is 1. The highest BCUT2D eigenvalue weighted by atomic mass is 79.9. The van der Waals surface area contributed by atoms with Crippen LogP contribution in [0.3, 0.4) is 0 Å². The van der Waals surface area contributed by atoms with Crippen LogP contribution in [0.5, 0.6) is 0 Å². The summed E-state index contributed by atoms with van der Waals surface area (Å²) in [6.07, 6.45) is 1.87. The molecule has 8 heteroatoms. The molecule has 1 heterocycles. The Balaban J connectivity index is 1.96. The van der Waals surface area contributed by atoms with E-state index in [4.69, 9.17) is 10.5 Å². The number of halogens is 1. The number of nitrogens with zero attached hydrogens (tertiary/aromatic N) is 1. The van der Waals surface area contributed by atoms with Crippen LogP contribution in [-0.4, -0.2) is 28.9 Å². The summed E-state index contributed by atoms with van der Waals surface area (Å²) in [7, 11) is 0. The Bertz CT molecular complexity index is 777. The molecule has 0 aliphatic carbocycles. The van der Waals surface area contributed by atoms with Crippen molar-refractivity contribution in [3.05, 3.63) is 58.3 Å². The summed E-state index contributed by atoms with van der Waals surface area (Å²) in [5.74, 6) is -1.72. The first-order valence-corrected chi connectivity index (χ1v) is 7.68. The van der Waals surface area contributed by atoms with E-state index in [1.807, 2.05) is 0 Å². The topological polar surface area (TPSA) is 111 Å². The van der Waals surface area contributed by atoms with Crippen LogP contribution >= 0.6 is 15.9 Å².